The highest BCUT2D eigenvalue weighted by Gasteiger charge is 2.17. The maximum atomic E-state index is 11.9. The van der Waals surface area contributed by atoms with Gasteiger partial charge in [0, 0.05) is 39.4 Å². The minimum atomic E-state index is -3.16. The second-order valence-electron chi connectivity index (χ2n) is 7.30. The van der Waals surface area contributed by atoms with Crippen LogP contribution in [0.1, 0.15) is 37.7 Å². The summed E-state index contributed by atoms with van der Waals surface area (Å²) in [7, 11) is -1.45. The number of guanidine groups is 1. The van der Waals surface area contributed by atoms with E-state index >= 15 is 0 Å². The maximum Gasteiger partial charge on any atom is 0.220 e. The average molecular weight is 536 g/mol. The van der Waals surface area contributed by atoms with E-state index in [0.29, 0.717) is 42.8 Å². The van der Waals surface area contributed by atoms with E-state index in [4.69, 9.17) is 0 Å². The number of sulfone groups is 1. The van der Waals surface area contributed by atoms with Crippen LogP contribution in [0.25, 0.3) is 0 Å². The molecule has 7 nitrogen and oxygen atoms in total. The van der Waals surface area contributed by atoms with Crippen LogP contribution in [0.3, 0.4) is 0 Å². The van der Waals surface area contributed by atoms with Gasteiger partial charge in [-0.1, -0.05) is 25.0 Å². The third-order valence-electron chi connectivity index (χ3n) is 4.97. The number of carbonyl (C=O) groups excluding carboxylic acids is 1. The van der Waals surface area contributed by atoms with Gasteiger partial charge in [-0.2, -0.15) is 0 Å². The first kappa shape index (κ1) is 25.7. The number of hydrogen-bond donors (Lipinski definition) is 3. The summed E-state index contributed by atoms with van der Waals surface area (Å²) < 4.78 is 23.0. The molecule has 0 radical (unpaired) electrons. The summed E-state index contributed by atoms with van der Waals surface area (Å²) >= 11 is 0. The number of nitrogens with zero attached hydrogens (tertiary/aromatic N) is 1. The van der Waals surface area contributed by atoms with Crippen LogP contribution in [-0.4, -0.2) is 53.2 Å². The Balaban J connectivity index is 0.00000420. The molecule has 1 fully saturated rings. The van der Waals surface area contributed by atoms with Crippen molar-refractivity contribution >= 4 is 45.7 Å². The molecule has 0 spiro atoms. The molecule has 1 aromatic carbocycles. The van der Waals surface area contributed by atoms with Crippen molar-refractivity contribution in [3.8, 4) is 0 Å². The first-order valence-corrected chi connectivity index (χ1v) is 11.8. The van der Waals surface area contributed by atoms with Gasteiger partial charge in [-0.3, -0.25) is 9.79 Å². The standard InChI is InChI=1S/C20H32N4O3S.HI/c1-21-20(24-14-13-22-19(25)15-17-5-3-4-6-17)23-12-11-16-7-9-18(10-8-16)28(2,26)27;/h7-10,17H,3-6,11-15H2,1-2H3,(H,22,25)(H2,21,23,24);1H. The van der Waals surface area contributed by atoms with Crippen LogP contribution < -0.4 is 16.0 Å². The van der Waals surface area contributed by atoms with E-state index in [1.165, 1.54) is 31.9 Å². The van der Waals surface area contributed by atoms with Gasteiger partial charge in [-0.25, -0.2) is 8.42 Å². The Morgan fingerprint density at radius 3 is 2.21 bits per heavy atom. The Morgan fingerprint density at radius 1 is 1.03 bits per heavy atom. The Labute approximate surface area is 191 Å². The van der Waals surface area contributed by atoms with Gasteiger partial charge in [0.05, 0.1) is 4.90 Å². The predicted octanol–water partition coefficient (Wildman–Crippen LogP) is 2.11. The van der Waals surface area contributed by atoms with E-state index in [1.54, 1.807) is 19.2 Å². The number of halogens is 1. The zero-order chi connectivity index (χ0) is 20.4. The van der Waals surface area contributed by atoms with Gasteiger partial charge < -0.3 is 16.0 Å². The summed E-state index contributed by atoms with van der Waals surface area (Å²) in [6.07, 6.45) is 7.47. The Kier molecular flexibility index (Phi) is 11.6. The van der Waals surface area contributed by atoms with E-state index in [1.807, 2.05) is 12.1 Å². The molecule has 29 heavy (non-hydrogen) atoms. The van der Waals surface area contributed by atoms with Crippen LogP contribution in [0.5, 0.6) is 0 Å². The normalized spacial score (nSPS) is 14.9. The monoisotopic (exact) mass is 536 g/mol. The highest BCUT2D eigenvalue weighted by Crippen LogP contribution is 2.27. The highest BCUT2D eigenvalue weighted by atomic mass is 127. The molecule has 1 aliphatic rings. The van der Waals surface area contributed by atoms with Gasteiger partial charge in [-0.05, 0) is 42.9 Å². The molecule has 2 rings (SSSR count). The third-order valence-corrected chi connectivity index (χ3v) is 6.10. The number of aliphatic imine (C=N–C) groups is 1. The van der Waals surface area contributed by atoms with Gasteiger partial charge in [0.25, 0.3) is 0 Å². The lowest BCUT2D eigenvalue weighted by Gasteiger charge is -2.13. The molecule has 0 aliphatic heterocycles. The molecule has 9 heteroatoms. The molecule has 1 saturated carbocycles. The minimum Gasteiger partial charge on any atom is -0.356 e. The van der Waals surface area contributed by atoms with Crippen LogP contribution in [0.15, 0.2) is 34.2 Å². The Hall–Kier alpha value is -1.36. The molecule has 0 saturated heterocycles. The SMILES string of the molecule is CN=C(NCCNC(=O)CC1CCCC1)NCCc1ccc(S(C)(=O)=O)cc1.I. The number of hydrogen-bond acceptors (Lipinski definition) is 4. The lowest BCUT2D eigenvalue weighted by Crippen LogP contribution is -2.42. The molecule has 1 aliphatic carbocycles. The van der Waals surface area contributed by atoms with E-state index < -0.39 is 9.84 Å². The van der Waals surface area contributed by atoms with E-state index in [0.717, 1.165) is 12.0 Å². The predicted molar refractivity (Wildman–Crippen MR) is 128 cm³/mol. The van der Waals surface area contributed by atoms with E-state index in [2.05, 4.69) is 20.9 Å². The second-order valence-corrected chi connectivity index (χ2v) is 9.31. The van der Waals surface area contributed by atoms with Crippen molar-refractivity contribution in [2.45, 2.75) is 43.4 Å². The fourth-order valence-corrected chi connectivity index (χ4v) is 4.01. The quantitative estimate of drug-likeness (QED) is 0.194. The van der Waals surface area contributed by atoms with Crippen molar-refractivity contribution in [2.24, 2.45) is 10.9 Å². The molecule has 164 valence electrons. The van der Waals surface area contributed by atoms with Gasteiger partial charge in [0.15, 0.2) is 15.8 Å². The topological polar surface area (TPSA) is 99.7 Å². The zero-order valence-corrected chi connectivity index (χ0v) is 20.4. The van der Waals surface area contributed by atoms with Crippen molar-refractivity contribution in [1.82, 2.24) is 16.0 Å². The summed E-state index contributed by atoms with van der Waals surface area (Å²) in [5.41, 5.74) is 1.05. The lowest BCUT2D eigenvalue weighted by atomic mass is 10.0. The molecule has 1 amide bonds. The highest BCUT2D eigenvalue weighted by molar-refractivity contribution is 14.0. The van der Waals surface area contributed by atoms with Crippen LogP contribution in [0, 0.1) is 5.92 Å². The van der Waals surface area contributed by atoms with E-state index in [9.17, 15) is 13.2 Å². The number of nitrogens with one attached hydrogen (secondary N) is 3. The first-order valence-electron chi connectivity index (χ1n) is 9.88. The Morgan fingerprint density at radius 2 is 1.62 bits per heavy atom. The molecular weight excluding hydrogens is 503 g/mol. The number of carbonyl (C=O) groups is 1. The second kappa shape index (κ2) is 13.0. The average Bonchev–Trinajstić information content (AvgIpc) is 3.16. The smallest absolute Gasteiger partial charge is 0.220 e. The van der Waals surface area contributed by atoms with Crippen molar-refractivity contribution < 1.29 is 13.2 Å². The fraction of sp³-hybridized carbons (Fsp3) is 0.600. The molecule has 1 aromatic rings. The number of rotatable bonds is 9. The summed E-state index contributed by atoms with van der Waals surface area (Å²) in [6, 6.07) is 6.92. The van der Waals surface area contributed by atoms with Crippen molar-refractivity contribution in [2.75, 3.05) is 32.9 Å². The van der Waals surface area contributed by atoms with Gasteiger partial charge in [0.2, 0.25) is 5.91 Å². The summed E-state index contributed by atoms with van der Waals surface area (Å²) in [4.78, 5) is 16.4. The largest absolute Gasteiger partial charge is 0.356 e. The number of amides is 1. The van der Waals surface area contributed by atoms with Gasteiger partial charge in [-0.15, -0.1) is 24.0 Å². The van der Waals surface area contributed by atoms with Crippen molar-refractivity contribution in [3.63, 3.8) is 0 Å². The molecular formula is C20H33IN4O3S. The molecule has 0 unspecified atom stereocenters. The molecule has 0 aromatic heterocycles. The summed E-state index contributed by atoms with van der Waals surface area (Å²) in [6.45, 7) is 1.85. The van der Waals surface area contributed by atoms with Crippen LogP contribution in [0.2, 0.25) is 0 Å². The molecule has 0 heterocycles. The zero-order valence-electron chi connectivity index (χ0n) is 17.2. The molecule has 0 atom stereocenters. The Bertz CT molecular complexity index is 760. The van der Waals surface area contributed by atoms with Crippen molar-refractivity contribution in [1.29, 1.82) is 0 Å². The number of benzene rings is 1. The van der Waals surface area contributed by atoms with Crippen LogP contribution in [-0.2, 0) is 21.1 Å². The van der Waals surface area contributed by atoms with Crippen LogP contribution >= 0.6 is 24.0 Å². The van der Waals surface area contributed by atoms with Gasteiger partial charge in [0.1, 0.15) is 0 Å². The third kappa shape index (κ3) is 9.79. The maximum absolute atomic E-state index is 11.9. The first-order chi connectivity index (χ1) is 13.4. The van der Waals surface area contributed by atoms with Gasteiger partial charge >= 0.3 is 0 Å². The summed E-state index contributed by atoms with van der Waals surface area (Å²) in [5.74, 6) is 1.38. The van der Waals surface area contributed by atoms with Crippen LogP contribution in [0.4, 0.5) is 0 Å². The summed E-state index contributed by atoms with van der Waals surface area (Å²) in [5, 5.41) is 9.35. The lowest BCUT2D eigenvalue weighted by molar-refractivity contribution is -0.121. The fourth-order valence-electron chi connectivity index (χ4n) is 3.38. The molecule has 3 N–H and O–H groups in total. The van der Waals surface area contributed by atoms with E-state index in [-0.39, 0.29) is 29.9 Å². The van der Waals surface area contributed by atoms with Crippen molar-refractivity contribution in [3.05, 3.63) is 29.8 Å². The molecule has 0 bridgehead atoms. The minimum absolute atomic E-state index is 0.